The molecule has 2 aromatic heterocycles. The van der Waals surface area contributed by atoms with Crippen LogP contribution in [0.15, 0.2) is 42.7 Å². The van der Waals surface area contributed by atoms with E-state index in [0.29, 0.717) is 15.6 Å². The number of primary amides is 1. The Hall–Kier alpha value is -2.28. The molecule has 0 aliphatic carbocycles. The number of hydrogen-bond donors (Lipinski definition) is 1. The lowest BCUT2D eigenvalue weighted by atomic mass is 10.1. The maximum absolute atomic E-state index is 11.2. The van der Waals surface area contributed by atoms with E-state index in [2.05, 4.69) is 14.8 Å². The van der Waals surface area contributed by atoms with Gasteiger partial charge in [-0.25, -0.2) is 4.98 Å². The van der Waals surface area contributed by atoms with Crippen LogP contribution in [0.5, 0.6) is 0 Å². The second kappa shape index (κ2) is 7.38. The van der Waals surface area contributed by atoms with Crippen molar-refractivity contribution in [3.63, 3.8) is 0 Å². The highest BCUT2D eigenvalue weighted by Gasteiger charge is 2.19. The van der Waals surface area contributed by atoms with Gasteiger partial charge in [-0.1, -0.05) is 23.2 Å². The summed E-state index contributed by atoms with van der Waals surface area (Å²) in [5.41, 5.74) is 8.63. The van der Waals surface area contributed by atoms with Crippen molar-refractivity contribution >= 4 is 40.4 Å². The number of aromatic nitrogens is 2. The van der Waals surface area contributed by atoms with Gasteiger partial charge in [-0.3, -0.25) is 9.69 Å². The van der Waals surface area contributed by atoms with E-state index >= 15 is 0 Å². The van der Waals surface area contributed by atoms with Crippen molar-refractivity contribution in [2.45, 2.75) is 6.54 Å². The van der Waals surface area contributed by atoms with Gasteiger partial charge in [-0.05, 0) is 30.3 Å². The van der Waals surface area contributed by atoms with Gasteiger partial charge in [0.2, 0.25) is 5.91 Å². The van der Waals surface area contributed by atoms with Gasteiger partial charge < -0.3 is 15.0 Å². The fraction of sp³-hybridized carbons (Fsp3) is 0.263. The summed E-state index contributed by atoms with van der Waals surface area (Å²) in [6.45, 7) is 4.45. The number of amides is 1. The lowest BCUT2D eigenvalue weighted by Gasteiger charge is -2.35. The normalized spacial score (nSPS) is 15.4. The molecule has 0 saturated carbocycles. The summed E-state index contributed by atoms with van der Waals surface area (Å²) in [7, 11) is 0. The zero-order valence-corrected chi connectivity index (χ0v) is 16.1. The zero-order chi connectivity index (χ0) is 19.0. The van der Waals surface area contributed by atoms with Gasteiger partial charge >= 0.3 is 0 Å². The van der Waals surface area contributed by atoms with Crippen molar-refractivity contribution in [2.24, 2.45) is 5.73 Å². The third-order valence-electron chi connectivity index (χ3n) is 4.80. The monoisotopic (exact) mass is 403 g/mol. The molecular formula is C19H19Cl2N5O. The standard InChI is InChI=1S/C19H19Cl2N5O/c20-14-9-17(21)19-23-15(12-26(19)10-14)11-24-5-7-25(8-6-24)16-3-1-13(2-4-16)18(22)27/h1-4,9-10,12H,5-8,11H2,(H2,22,27). The third kappa shape index (κ3) is 3.88. The molecule has 6 nitrogen and oxygen atoms in total. The van der Waals surface area contributed by atoms with Gasteiger partial charge in [0.25, 0.3) is 0 Å². The van der Waals surface area contributed by atoms with E-state index in [1.807, 2.05) is 28.9 Å². The van der Waals surface area contributed by atoms with Crippen molar-refractivity contribution < 1.29 is 4.79 Å². The van der Waals surface area contributed by atoms with E-state index in [-0.39, 0.29) is 0 Å². The molecule has 0 radical (unpaired) electrons. The molecule has 1 aliphatic heterocycles. The molecular weight excluding hydrogens is 385 g/mol. The molecule has 4 rings (SSSR count). The summed E-state index contributed by atoms with van der Waals surface area (Å²) in [5.74, 6) is -0.403. The summed E-state index contributed by atoms with van der Waals surface area (Å²) in [4.78, 5) is 20.5. The Labute approximate surface area is 167 Å². The van der Waals surface area contributed by atoms with Crippen LogP contribution in [0.4, 0.5) is 5.69 Å². The van der Waals surface area contributed by atoms with Crippen LogP contribution in [0.25, 0.3) is 5.65 Å². The highest BCUT2D eigenvalue weighted by Crippen LogP contribution is 2.23. The Kier molecular flexibility index (Phi) is 4.95. The molecule has 1 saturated heterocycles. The molecule has 1 aliphatic rings. The van der Waals surface area contributed by atoms with E-state index in [1.165, 1.54) is 0 Å². The second-order valence-corrected chi connectivity index (χ2v) is 7.49. The summed E-state index contributed by atoms with van der Waals surface area (Å²) < 4.78 is 1.87. The molecule has 140 valence electrons. The first-order valence-electron chi connectivity index (χ1n) is 8.69. The van der Waals surface area contributed by atoms with E-state index in [9.17, 15) is 4.79 Å². The van der Waals surface area contributed by atoms with Crippen molar-refractivity contribution in [1.29, 1.82) is 0 Å². The Balaban J connectivity index is 1.39. The maximum Gasteiger partial charge on any atom is 0.248 e. The van der Waals surface area contributed by atoms with Gasteiger partial charge in [-0.2, -0.15) is 0 Å². The minimum Gasteiger partial charge on any atom is -0.369 e. The fourth-order valence-corrected chi connectivity index (χ4v) is 3.91. The van der Waals surface area contributed by atoms with Crippen molar-refractivity contribution in [2.75, 3.05) is 31.1 Å². The van der Waals surface area contributed by atoms with Crippen molar-refractivity contribution in [1.82, 2.24) is 14.3 Å². The van der Waals surface area contributed by atoms with E-state index < -0.39 is 5.91 Å². The number of nitrogens with zero attached hydrogens (tertiary/aromatic N) is 4. The van der Waals surface area contributed by atoms with Crippen LogP contribution in [0.3, 0.4) is 0 Å². The number of halogens is 2. The third-order valence-corrected chi connectivity index (χ3v) is 5.28. The summed E-state index contributed by atoms with van der Waals surface area (Å²) in [5, 5.41) is 1.14. The van der Waals surface area contributed by atoms with Crippen LogP contribution >= 0.6 is 23.2 Å². The Bertz CT molecular complexity index is 978. The molecule has 1 aromatic carbocycles. The largest absolute Gasteiger partial charge is 0.369 e. The maximum atomic E-state index is 11.2. The van der Waals surface area contributed by atoms with Gasteiger partial charge in [0.1, 0.15) is 0 Å². The van der Waals surface area contributed by atoms with Crippen LogP contribution in [-0.4, -0.2) is 46.4 Å². The fourth-order valence-electron chi connectivity index (χ4n) is 3.38. The number of anilines is 1. The average molecular weight is 404 g/mol. The number of rotatable bonds is 4. The molecule has 2 N–H and O–H groups in total. The van der Waals surface area contributed by atoms with E-state index in [0.717, 1.165) is 49.8 Å². The number of benzene rings is 1. The minimum absolute atomic E-state index is 0.403. The number of nitrogens with two attached hydrogens (primary N) is 1. The molecule has 3 heterocycles. The van der Waals surface area contributed by atoms with E-state index in [1.54, 1.807) is 18.2 Å². The lowest BCUT2D eigenvalue weighted by Crippen LogP contribution is -2.46. The predicted octanol–water partition coefficient (Wildman–Crippen LogP) is 3.06. The summed E-state index contributed by atoms with van der Waals surface area (Å²) in [6, 6.07) is 9.15. The van der Waals surface area contributed by atoms with Crippen LogP contribution in [0.1, 0.15) is 16.1 Å². The number of imidazole rings is 1. The Morgan fingerprint density at radius 2 is 1.78 bits per heavy atom. The van der Waals surface area contributed by atoms with Gasteiger partial charge in [0.05, 0.1) is 15.7 Å². The molecule has 0 unspecified atom stereocenters. The minimum atomic E-state index is -0.403. The van der Waals surface area contributed by atoms with Crippen LogP contribution < -0.4 is 10.6 Å². The highest BCUT2D eigenvalue weighted by molar-refractivity contribution is 6.36. The molecule has 0 atom stereocenters. The van der Waals surface area contributed by atoms with Crippen molar-refractivity contribution in [3.05, 3.63) is 64.0 Å². The molecule has 0 bridgehead atoms. The quantitative estimate of drug-likeness (QED) is 0.726. The molecule has 1 fully saturated rings. The Morgan fingerprint density at radius 1 is 1.07 bits per heavy atom. The first-order valence-corrected chi connectivity index (χ1v) is 9.45. The topological polar surface area (TPSA) is 66.9 Å². The van der Waals surface area contributed by atoms with Crippen LogP contribution in [0, 0.1) is 0 Å². The second-order valence-electron chi connectivity index (χ2n) is 6.64. The Morgan fingerprint density at radius 3 is 2.44 bits per heavy atom. The molecule has 8 heteroatoms. The number of piperazine rings is 1. The van der Waals surface area contributed by atoms with E-state index in [4.69, 9.17) is 28.9 Å². The number of hydrogen-bond acceptors (Lipinski definition) is 4. The molecule has 27 heavy (non-hydrogen) atoms. The number of carbonyl (C=O) groups is 1. The number of carbonyl (C=O) groups excluding carboxylic acids is 1. The summed E-state index contributed by atoms with van der Waals surface area (Å²) >= 11 is 12.3. The first kappa shape index (κ1) is 18.1. The number of fused-ring (bicyclic) bond motifs is 1. The lowest BCUT2D eigenvalue weighted by molar-refractivity contribution is 0.100. The molecule has 0 spiro atoms. The zero-order valence-electron chi connectivity index (χ0n) is 14.6. The number of pyridine rings is 1. The highest BCUT2D eigenvalue weighted by atomic mass is 35.5. The molecule has 3 aromatic rings. The summed E-state index contributed by atoms with van der Waals surface area (Å²) in [6.07, 6.45) is 3.79. The van der Waals surface area contributed by atoms with Crippen LogP contribution in [0.2, 0.25) is 10.0 Å². The van der Waals surface area contributed by atoms with Gasteiger partial charge in [-0.15, -0.1) is 0 Å². The first-order chi connectivity index (χ1) is 13.0. The van der Waals surface area contributed by atoms with Gasteiger partial charge in [0.15, 0.2) is 5.65 Å². The predicted molar refractivity (Wildman–Crippen MR) is 108 cm³/mol. The van der Waals surface area contributed by atoms with Crippen LogP contribution in [-0.2, 0) is 6.54 Å². The smallest absolute Gasteiger partial charge is 0.248 e. The van der Waals surface area contributed by atoms with Gasteiger partial charge in [0, 0.05) is 56.4 Å². The van der Waals surface area contributed by atoms with Crippen molar-refractivity contribution in [3.8, 4) is 0 Å². The SMILES string of the molecule is NC(=O)c1ccc(N2CCN(Cc3cn4cc(Cl)cc(Cl)c4n3)CC2)cc1. The molecule has 1 amide bonds. The average Bonchev–Trinajstić information content (AvgIpc) is 3.05.